The Morgan fingerprint density at radius 1 is 1.44 bits per heavy atom. The molecule has 1 rings (SSSR count). The molecule has 0 aliphatic heterocycles. The molecule has 0 atom stereocenters. The van der Waals surface area contributed by atoms with Gasteiger partial charge in [-0.15, -0.1) is 11.8 Å². The molecule has 0 saturated heterocycles. The van der Waals surface area contributed by atoms with Crippen LogP contribution in [0, 0.1) is 23.2 Å². The van der Waals surface area contributed by atoms with Crippen LogP contribution >= 0.6 is 11.6 Å². The number of sulfonamides is 1. The van der Waals surface area contributed by atoms with Crippen LogP contribution in [0.25, 0.3) is 0 Å². The highest BCUT2D eigenvalue weighted by molar-refractivity contribution is 7.89. The lowest BCUT2D eigenvalue weighted by Crippen LogP contribution is -2.24. The van der Waals surface area contributed by atoms with Crippen molar-refractivity contribution in [2.75, 3.05) is 6.54 Å². The highest BCUT2D eigenvalue weighted by Crippen LogP contribution is 2.19. The summed E-state index contributed by atoms with van der Waals surface area (Å²) in [5, 5.41) is 8.82. The predicted molar refractivity (Wildman–Crippen MR) is 69.4 cm³/mol. The molecule has 94 valence electrons. The number of rotatable bonds is 4. The lowest BCUT2D eigenvalue weighted by Gasteiger charge is -2.06. The summed E-state index contributed by atoms with van der Waals surface area (Å²) in [6.07, 6.45) is 0.444. The number of nitrogens with one attached hydrogen (secondary N) is 1. The number of halogens is 1. The van der Waals surface area contributed by atoms with E-state index in [-0.39, 0.29) is 22.0 Å². The molecule has 4 nitrogen and oxygen atoms in total. The number of nitrogens with zero attached hydrogens (tertiary/aromatic N) is 1. The van der Waals surface area contributed by atoms with E-state index in [9.17, 15) is 8.42 Å². The van der Waals surface area contributed by atoms with Gasteiger partial charge in [-0.1, -0.05) is 11.6 Å². The molecular weight excluding hydrogens is 272 g/mol. The fourth-order valence-electron chi connectivity index (χ4n) is 1.21. The molecule has 0 fully saturated rings. The minimum atomic E-state index is -3.60. The van der Waals surface area contributed by atoms with Crippen molar-refractivity contribution in [1.82, 2.24) is 4.72 Å². The van der Waals surface area contributed by atoms with E-state index in [4.69, 9.17) is 16.9 Å². The molecule has 0 heterocycles. The average Bonchev–Trinajstić information content (AvgIpc) is 2.34. The van der Waals surface area contributed by atoms with E-state index in [0.29, 0.717) is 6.42 Å². The lowest BCUT2D eigenvalue weighted by molar-refractivity contribution is 0.582. The van der Waals surface area contributed by atoms with Crippen molar-refractivity contribution in [1.29, 1.82) is 5.26 Å². The molecule has 0 unspecified atom stereocenters. The summed E-state index contributed by atoms with van der Waals surface area (Å²) >= 11 is 5.78. The fraction of sp³-hybridized carbons (Fsp3) is 0.250. The van der Waals surface area contributed by atoms with E-state index in [1.165, 1.54) is 18.2 Å². The molecule has 0 bridgehead atoms. The Balaban J connectivity index is 2.88. The molecule has 1 aromatic rings. The first kappa shape index (κ1) is 14.5. The maximum Gasteiger partial charge on any atom is 0.240 e. The maximum atomic E-state index is 11.8. The largest absolute Gasteiger partial charge is 0.240 e. The van der Waals surface area contributed by atoms with Crippen molar-refractivity contribution in [3.63, 3.8) is 0 Å². The summed E-state index contributed by atoms with van der Waals surface area (Å²) in [4.78, 5) is 0.0379. The Hall–Kier alpha value is -1.53. The standard InChI is InChI=1S/C12H11ClN2O2S/c1-2-3-4-7-15-18(16,17)11-6-5-10(9-14)12(13)8-11/h5-6,8,15H,4,7H2,1H3. The van der Waals surface area contributed by atoms with Gasteiger partial charge in [0.2, 0.25) is 10.0 Å². The number of hydrogen-bond acceptors (Lipinski definition) is 3. The maximum absolute atomic E-state index is 11.8. The summed E-state index contributed by atoms with van der Waals surface area (Å²) in [5.74, 6) is 5.43. The van der Waals surface area contributed by atoms with Crippen LogP contribution < -0.4 is 4.72 Å². The van der Waals surface area contributed by atoms with Crippen LogP contribution in [-0.4, -0.2) is 15.0 Å². The van der Waals surface area contributed by atoms with Gasteiger partial charge in [-0.2, -0.15) is 5.26 Å². The van der Waals surface area contributed by atoms with Gasteiger partial charge in [0.15, 0.2) is 0 Å². The van der Waals surface area contributed by atoms with E-state index in [1.54, 1.807) is 6.92 Å². The molecule has 18 heavy (non-hydrogen) atoms. The Morgan fingerprint density at radius 3 is 2.72 bits per heavy atom. The van der Waals surface area contributed by atoms with Gasteiger partial charge in [-0.25, -0.2) is 13.1 Å². The van der Waals surface area contributed by atoms with Crippen molar-refractivity contribution in [2.24, 2.45) is 0 Å². The minimum Gasteiger partial charge on any atom is -0.210 e. The zero-order chi connectivity index (χ0) is 13.6. The van der Waals surface area contributed by atoms with Gasteiger partial charge in [0, 0.05) is 13.0 Å². The monoisotopic (exact) mass is 282 g/mol. The van der Waals surface area contributed by atoms with E-state index in [1.807, 2.05) is 6.07 Å². The smallest absolute Gasteiger partial charge is 0.210 e. The van der Waals surface area contributed by atoms with Crippen LogP contribution in [0.15, 0.2) is 23.1 Å². The van der Waals surface area contributed by atoms with Crippen molar-refractivity contribution in [2.45, 2.75) is 18.2 Å². The van der Waals surface area contributed by atoms with Crippen LogP contribution in [0.5, 0.6) is 0 Å². The summed E-state index contributed by atoms with van der Waals surface area (Å²) in [5.41, 5.74) is 0.243. The molecule has 0 saturated carbocycles. The van der Waals surface area contributed by atoms with E-state index < -0.39 is 10.0 Å². The molecule has 0 aromatic heterocycles. The van der Waals surface area contributed by atoms with Crippen molar-refractivity contribution < 1.29 is 8.42 Å². The third-order valence-corrected chi connectivity index (χ3v) is 3.86. The molecule has 0 aliphatic rings. The van der Waals surface area contributed by atoms with Crippen LogP contribution in [0.2, 0.25) is 5.02 Å². The molecule has 0 amide bonds. The first-order chi connectivity index (χ1) is 8.51. The number of hydrogen-bond donors (Lipinski definition) is 1. The molecule has 0 spiro atoms. The molecule has 1 N–H and O–H groups in total. The first-order valence-electron chi connectivity index (χ1n) is 5.10. The summed E-state index contributed by atoms with van der Waals surface area (Å²) in [6, 6.07) is 5.85. The van der Waals surface area contributed by atoms with Gasteiger partial charge >= 0.3 is 0 Å². The molecule has 1 aromatic carbocycles. The molecule has 0 aliphatic carbocycles. The third kappa shape index (κ3) is 3.75. The first-order valence-corrected chi connectivity index (χ1v) is 6.96. The van der Waals surface area contributed by atoms with Crippen LogP contribution in [0.4, 0.5) is 0 Å². The van der Waals surface area contributed by atoms with Crippen LogP contribution in [-0.2, 0) is 10.0 Å². The third-order valence-electron chi connectivity index (χ3n) is 2.09. The Kier molecular flexibility index (Phi) is 5.18. The zero-order valence-corrected chi connectivity index (χ0v) is 11.3. The Morgan fingerprint density at radius 2 is 2.17 bits per heavy atom. The van der Waals surface area contributed by atoms with E-state index in [2.05, 4.69) is 16.6 Å². The number of nitriles is 1. The summed E-state index contributed by atoms with van der Waals surface area (Å²) < 4.78 is 26.1. The quantitative estimate of drug-likeness (QED) is 0.677. The fourth-order valence-corrected chi connectivity index (χ4v) is 2.56. The van der Waals surface area contributed by atoms with Gasteiger partial charge in [0.1, 0.15) is 6.07 Å². The Bertz CT molecular complexity index is 636. The van der Waals surface area contributed by atoms with Gasteiger partial charge in [-0.05, 0) is 25.1 Å². The topological polar surface area (TPSA) is 70.0 Å². The van der Waals surface area contributed by atoms with Gasteiger partial charge in [0.05, 0.1) is 15.5 Å². The van der Waals surface area contributed by atoms with Crippen LogP contribution in [0.3, 0.4) is 0 Å². The summed E-state index contributed by atoms with van der Waals surface area (Å²) in [7, 11) is -3.60. The van der Waals surface area contributed by atoms with Crippen molar-refractivity contribution >= 4 is 21.6 Å². The highest BCUT2D eigenvalue weighted by atomic mass is 35.5. The SMILES string of the molecule is CC#CCCNS(=O)(=O)c1ccc(C#N)c(Cl)c1. The molecule has 0 radical (unpaired) electrons. The van der Waals surface area contributed by atoms with Crippen molar-refractivity contribution in [3.05, 3.63) is 28.8 Å². The average molecular weight is 283 g/mol. The van der Waals surface area contributed by atoms with Gasteiger partial charge in [0.25, 0.3) is 0 Å². The van der Waals surface area contributed by atoms with E-state index in [0.717, 1.165) is 0 Å². The minimum absolute atomic E-state index is 0.0379. The second-order valence-corrected chi connectivity index (χ2v) is 5.50. The van der Waals surface area contributed by atoms with Crippen LogP contribution in [0.1, 0.15) is 18.9 Å². The van der Waals surface area contributed by atoms with Gasteiger partial charge < -0.3 is 0 Å². The van der Waals surface area contributed by atoms with Crippen molar-refractivity contribution in [3.8, 4) is 17.9 Å². The highest BCUT2D eigenvalue weighted by Gasteiger charge is 2.14. The van der Waals surface area contributed by atoms with E-state index >= 15 is 0 Å². The second-order valence-electron chi connectivity index (χ2n) is 3.33. The normalized spacial score (nSPS) is 10.3. The van der Waals surface area contributed by atoms with Gasteiger partial charge in [-0.3, -0.25) is 0 Å². The summed E-state index contributed by atoms with van der Waals surface area (Å²) in [6.45, 7) is 1.93. The Labute approximate surface area is 112 Å². The predicted octanol–water partition coefficient (Wildman–Crippen LogP) is 1.90. The zero-order valence-electron chi connectivity index (χ0n) is 9.70. The number of benzene rings is 1. The lowest BCUT2D eigenvalue weighted by atomic mass is 10.2. The second kappa shape index (κ2) is 6.42. The molecule has 6 heteroatoms. The molecular formula is C12H11ClN2O2S.